The first-order chi connectivity index (χ1) is 12.7. The van der Waals surface area contributed by atoms with Crippen molar-refractivity contribution in [3.05, 3.63) is 53.6 Å². The van der Waals surface area contributed by atoms with Crippen molar-refractivity contribution >= 4 is 26.9 Å². The average Bonchev–Trinajstić information content (AvgIpc) is 3.05. The predicted molar refractivity (Wildman–Crippen MR) is 103 cm³/mol. The van der Waals surface area contributed by atoms with E-state index in [0.717, 1.165) is 10.9 Å². The van der Waals surface area contributed by atoms with E-state index in [1.54, 1.807) is 25.5 Å². The summed E-state index contributed by atoms with van der Waals surface area (Å²) >= 11 is 0. The molecule has 1 aliphatic carbocycles. The number of ether oxygens (including phenoxy) is 2. The van der Waals surface area contributed by atoms with Gasteiger partial charge in [-0.2, -0.15) is 4.72 Å². The molecule has 1 heterocycles. The lowest BCUT2D eigenvalue weighted by Crippen LogP contribution is -2.41. The maximum absolute atomic E-state index is 12.5. The first-order valence-corrected chi connectivity index (χ1v) is 9.97. The summed E-state index contributed by atoms with van der Waals surface area (Å²) in [5.41, 5.74) is 0.297. The molecule has 0 aliphatic heterocycles. The zero-order chi connectivity index (χ0) is 19.7. The van der Waals surface area contributed by atoms with Crippen LogP contribution in [0.4, 0.5) is 0 Å². The molecule has 0 spiro atoms. The molecule has 1 aromatic carbocycles. The SMILES string of the molecule is COC1(C)C=CC(S(=O)(=O)N[C@@H](C)C(=O)Oc2c[nH]c3ccccc23)=CC1. The predicted octanol–water partition coefficient (Wildman–Crippen LogP) is 2.63. The van der Waals surface area contributed by atoms with E-state index in [1.807, 2.05) is 31.2 Å². The summed E-state index contributed by atoms with van der Waals surface area (Å²) in [5.74, 6) is -0.334. The number of allylic oxidation sites excluding steroid dienone is 1. The average molecular weight is 390 g/mol. The number of nitrogens with one attached hydrogen (secondary N) is 2. The van der Waals surface area contributed by atoms with Crippen LogP contribution in [0, 0.1) is 0 Å². The number of rotatable bonds is 6. The van der Waals surface area contributed by atoms with Gasteiger partial charge in [0.05, 0.1) is 10.5 Å². The van der Waals surface area contributed by atoms with Crippen molar-refractivity contribution in [2.75, 3.05) is 7.11 Å². The molecule has 3 rings (SSSR count). The number of methoxy groups -OCH3 is 1. The van der Waals surface area contributed by atoms with Gasteiger partial charge in [0.25, 0.3) is 0 Å². The Labute approximate surface area is 158 Å². The lowest BCUT2D eigenvalue weighted by molar-refractivity contribution is -0.135. The quantitative estimate of drug-likeness (QED) is 0.739. The van der Waals surface area contributed by atoms with E-state index in [2.05, 4.69) is 9.71 Å². The fourth-order valence-corrected chi connectivity index (χ4v) is 3.97. The van der Waals surface area contributed by atoms with Crippen LogP contribution in [-0.4, -0.2) is 38.1 Å². The summed E-state index contributed by atoms with van der Waals surface area (Å²) in [6.07, 6.45) is 6.74. The molecule has 2 atom stereocenters. The lowest BCUT2D eigenvalue weighted by atomic mass is 9.98. The van der Waals surface area contributed by atoms with Crippen molar-refractivity contribution in [1.82, 2.24) is 9.71 Å². The minimum Gasteiger partial charge on any atom is -0.423 e. The van der Waals surface area contributed by atoms with Crippen LogP contribution in [0.2, 0.25) is 0 Å². The van der Waals surface area contributed by atoms with Gasteiger partial charge < -0.3 is 14.5 Å². The second-order valence-electron chi connectivity index (χ2n) is 6.62. The Morgan fingerprint density at radius 2 is 2.07 bits per heavy atom. The van der Waals surface area contributed by atoms with Gasteiger partial charge in [-0.05, 0) is 38.5 Å². The van der Waals surface area contributed by atoms with E-state index >= 15 is 0 Å². The molecule has 0 bridgehead atoms. The van der Waals surface area contributed by atoms with Crippen LogP contribution < -0.4 is 9.46 Å². The minimum atomic E-state index is -3.85. The molecule has 2 aromatic rings. The van der Waals surface area contributed by atoms with Crippen LogP contribution in [0.1, 0.15) is 20.3 Å². The first-order valence-electron chi connectivity index (χ1n) is 8.49. The van der Waals surface area contributed by atoms with Crippen molar-refractivity contribution in [1.29, 1.82) is 0 Å². The number of aromatic nitrogens is 1. The number of hydrogen-bond acceptors (Lipinski definition) is 5. The number of carbonyl (C=O) groups is 1. The van der Waals surface area contributed by atoms with Crippen LogP contribution in [0.15, 0.2) is 53.6 Å². The van der Waals surface area contributed by atoms with Crippen molar-refractivity contribution in [2.24, 2.45) is 0 Å². The largest absolute Gasteiger partial charge is 0.423 e. The van der Waals surface area contributed by atoms with Crippen LogP contribution in [0.3, 0.4) is 0 Å². The second-order valence-corrected chi connectivity index (χ2v) is 8.34. The smallest absolute Gasteiger partial charge is 0.329 e. The maximum atomic E-state index is 12.5. The van der Waals surface area contributed by atoms with Gasteiger partial charge in [0.2, 0.25) is 10.0 Å². The molecule has 0 radical (unpaired) electrons. The van der Waals surface area contributed by atoms with Crippen molar-refractivity contribution in [3.63, 3.8) is 0 Å². The molecule has 0 fully saturated rings. The van der Waals surface area contributed by atoms with Gasteiger partial charge in [0, 0.05) is 24.2 Å². The number of hydrogen-bond donors (Lipinski definition) is 2. The molecule has 8 heteroatoms. The number of para-hydroxylation sites is 1. The standard InChI is InChI=1S/C19H22N2O5S/c1-13(18(22)26-17-12-20-16-7-5-4-6-15(16)17)21-27(23,24)14-8-10-19(2,25-3)11-9-14/h4-10,12-13,20-21H,11H2,1-3H3/t13-,19?/m0/s1. The van der Waals surface area contributed by atoms with Crippen molar-refractivity contribution in [2.45, 2.75) is 31.9 Å². The van der Waals surface area contributed by atoms with Gasteiger partial charge in [-0.3, -0.25) is 0 Å². The summed E-state index contributed by atoms with van der Waals surface area (Å²) in [5, 5.41) is 0.748. The fourth-order valence-electron chi connectivity index (χ4n) is 2.72. The van der Waals surface area contributed by atoms with Crippen molar-refractivity contribution < 1.29 is 22.7 Å². The molecule has 1 aromatic heterocycles. The molecule has 7 nitrogen and oxygen atoms in total. The van der Waals surface area contributed by atoms with E-state index in [4.69, 9.17) is 9.47 Å². The molecular weight excluding hydrogens is 368 g/mol. The Hall–Kier alpha value is -2.42. The zero-order valence-electron chi connectivity index (χ0n) is 15.4. The van der Waals surface area contributed by atoms with Gasteiger partial charge in [0.15, 0.2) is 5.75 Å². The van der Waals surface area contributed by atoms with Crippen molar-refractivity contribution in [3.8, 4) is 5.75 Å². The molecule has 1 aliphatic rings. The van der Waals surface area contributed by atoms with Crippen LogP contribution in [-0.2, 0) is 19.6 Å². The van der Waals surface area contributed by atoms with E-state index in [9.17, 15) is 13.2 Å². The lowest BCUT2D eigenvalue weighted by Gasteiger charge is -2.26. The molecule has 0 saturated heterocycles. The van der Waals surface area contributed by atoms with Gasteiger partial charge in [0.1, 0.15) is 6.04 Å². The Morgan fingerprint density at radius 3 is 2.74 bits per heavy atom. The highest BCUT2D eigenvalue weighted by Gasteiger charge is 2.29. The van der Waals surface area contributed by atoms with Gasteiger partial charge in [-0.1, -0.05) is 24.3 Å². The van der Waals surface area contributed by atoms with Gasteiger partial charge >= 0.3 is 5.97 Å². The summed E-state index contributed by atoms with van der Waals surface area (Å²) in [6.45, 7) is 3.30. The van der Waals surface area contributed by atoms with E-state index in [1.165, 1.54) is 13.0 Å². The molecule has 0 amide bonds. The molecule has 0 saturated carbocycles. The number of fused-ring (bicyclic) bond motifs is 1. The van der Waals surface area contributed by atoms with Gasteiger partial charge in [-0.15, -0.1) is 0 Å². The first kappa shape index (κ1) is 19.3. The molecule has 2 N–H and O–H groups in total. The van der Waals surface area contributed by atoms with E-state index in [0.29, 0.717) is 12.2 Å². The topological polar surface area (TPSA) is 97.5 Å². The normalized spacial score (nSPS) is 21.1. The van der Waals surface area contributed by atoms with Gasteiger partial charge in [-0.25, -0.2) is 13.2 Å². The Balaban J connectivity index is 1.68. The van der Waals surface area contributed by atoms with E-state index < -0.39 is 27.6 Å². The number of esters is 1. The Morgan fingerprint density at radius 1 is 1.33 bits per heavy atom. The third kappa shape index (κ3) is 4.13. The highest BCUT2D eigenvalue weighted by Crippen LogP contribution is 2.27. The number of sulfonamides is 1. The Kier molecular flexibility index (Phi) is 5.23. The summed E-state index contributed by atoms with van der Waals surface area (Å²) in [4.78, 5) is 15.4. The highest BCUT2D eigenvalue weighted by atomic mass is 32.2. The molecule has 27 heavy (non-hydrogen) atoms. The van der Waals surface area contributed by atoms with Crippen LogP contribution in [0.5, 0.6) is 5.75 Å². The molecule has 144 valence electrons. The number of H-pyrrole nitrogens is 1. The monoisotopic (exact) mass is 390 g/mol. The number of benzene rings is 1. The molecule has 1 unspecified atom stereocenters. The number of aromatic amines is 1. The summed E-state index contributed by atoms with van der Waals surface area (Å²) in [6, 6.07) is 6.31. The summed E-state index contributed by atoms with van der Waals surface area (Å²) < 4.78 is 38.1. The fraction of sp³-hybridized carbons (Fsp3) is 0.316. The highest BCUT2D eigenvalue weighted by molar-refractivity contribution is 7.93. The second kappa shape index (κ2) is 7.30. The van der Waals surface area contributed by atoms with E-state index in [-0.39, 0.29) is 4.91 Å². The van der Waals surface area contributed by atoms with Crippen LogP contribution >= 0.6 is 0 Å². The maximum Gasteiger partial charge on any atom is 0.329 e. The Bertz CT molecular complexity index is 1020. The molecular formula is C19H22N2O5S. The number of carbonyl (C=O) groups excluding carboxylic acids is 1. The minimum absolute atomic E-state index is 0.101. The zero-order valence-corrected chi connectivity index (χ0v) is 16.2. The third-order valence-electron chi connectivity index (χ3n) is 4.53. The third-order valence-corrected chi connectivity index (χ3v) is 6.12. The van der Waals surface area contributed by atoms with Crippen LogP contribution in [0.25, 0.3) is 10.9 Å². The summed E-state index contributed by atoms with van der Waals surface area (Å²) in [7, 11) is -2.28.